The first-order valence-corrected chi connectivity index (χ1v) is 5.75. The lowest BCUT2D eigenvalue weighted by molar-refractivity contribution is -0.117. The van der Waals surface area contributed by atoms with Gasteiger partial charge in [0.1, 0.15) is 0 Å². The Kier molecular flexibility index (Phi) is 2.96. The molecule has 0 saturated carbocycles. The van der Waals surface area contributed by atoms with Crippen molar-refractivity contribution in [3.63, 3.8) is 0 Å². The van der Waals surface area contributed by atoms with Gasteiger partial charge in [0.15, 0.2) is 5.82 Å². The molecule has 2 heterocycles. The van der Waals surface area contributed by atoms with Gasteiger partial charge >= 0.3 is 0 Å². The number of nitrogens with zero attached hydrogens (tertiary/aromatic N) is 2. The van der Waals surface area contributed by atoms with E-state index in [0.717, 1.165) is 4.47 Å². The second-order valence-corrected chi connectivity index (χ2v) is 4.69. The molecular formula is C11H12BrN3O. The van der Waals surface area contributed by atoms with Gasteiger partial charge in [-0.05, 0) is 22.0 Å². The number of amides is 1. The number of pyridine rings is 1. The number of hydrogen-bond donors (Lipinski definition) is 1. The van der Waals surface area contributed by atoms with Gasteiger partial charge in [-0.2, -0.15) is 0 Å². The zero-order valence-corrected chi connectivity index (χ0v) is 10.3. The highest BCUT2D eigenvalue weighted by atomic mass is 79.9. The number of aromatic nitrogens is 1. The smallest absolute Gasteiger partial charge is 0.228 e. The summed E-state index contributed by atoms with van der Waals surface area (Å²) in [6.45, 7) is 4.32. The van der Waals surface area contributed by atoms with Crippen molar-refractivity contribution >= 4 is 33.3 Å². The first-order chi connectivity index (χ1) is 7.61. The maximum absolute atomic E-state index is 11.8. The molecule has 0 aromatic carbocycles. The Bertz CT molecular complexity index is 447. The number of carbonyl (C=O) groups excluding carboxylic acids is 1. The van der Waals surface area contributed by atoms with Gasteiger partial charge in [-0.1, -0.05) is 6.08 Å². The molecule has 1 aliphatic rings. The van der Waals surface area contributed by atoms with Gasteiger partial charge in [0.2, 0.25) is 5.91 Å². The maximum Gasteiger partial charge on any atom is 0.228 e. The van der Waals surface area contributed by atoms with Crippen LogP contribution < -0.4 is 10.6 Å². The molecule has 1 aliphatic heterocycles. The molecule has 0 aliphatic carbocycles. The molecule has 1 atom stereocenters. The fourth-order valence-electron chi connectivity index (χ4n) is 1.77. The number of rotatable bonds is 2. The van der Waals surface area contributed by atoms with E-state index in [1.165, 1.54) is 0 Å². The highest BCUT2D eigenvalue weighted by Crippen LogP contribution is 2.29. The average molecular weight is 282 g/mol. The van der Waals surface area contributed by atoms with Crippen LogP contribution in [-0.4, -0.2) is 17.4 Å². The van der Waals surface area contributed by atoms with Gasteiger partial charge in [-0.15, -0.1) is 6.58 Å². The molecular weight excluding hydrogens is 270 g/mol. The van der Waals surface area contributed by atoms with E-state index in [-0.39, 0.29) is 11.8 Å². The summed E-state index contributed by atoms with van der Waals surface area (Å²) in [4.78, 5) is 17.5. The third-order valence-electron chi connectivity index (χ3n) is 2.61. The van der Waals surface area contributed by atoms with E-state index in [2.05, 4.69) is 27.5 Å². The normalized spacial score (nSPS) is 20.2. The topological polar surface area (TPSA) is 59.2 Å². The monoisotopic (exact) mass is 281 g/mol. The quantitative estimate of drug-likeness (QED) is 0.844. The van der Waals surface area contributed by atoms with E-state index in [1.807, 2.05) is 0 Å². The zero-order valence-electron chi connectivity index (χ0n) is 8.69. The van der Waals surface area contributed by atoms with E-state index in [4.69, 9.17) is 5.73 Å². The summed E-state index contributed by atoms with van der Waals surface area (Å²) in [6.07, 6.45) is 3.92. The highest BCUT2D eigenvalue weighted by Gasteiger charge is 2.30. The number of carbonyl (C=O) groups is 1. The number of nitrogen functional groups attached to an aromatic ring is 1. The molecule has 1 fully saturated rings. The van der Waals surface area contributed by atoms with Crippen molar-refractivity contribution in [2.24, 2.45) is 5.92 Å². The molecule has 1 amide bonds. The van der Waals surface area contributed by atoms with Crippen molar-refractivity contribution in [3.8, 4) is 0 Å². The molecule has 1 aromatic heterocycles. The van der Waals surface area contributed by atoms with Crippen molar-refractivity contribution in [2.45, 2.75) is 6.42 Å². The number of anilines is 2. The summed E-state index contributed by atoms with van der Waals surface area (Å²) in [7, 11) is 0. The van der Waals surface area contributed by atoms with Gasteiger partial charge in [-0.3, -0.25) is 9.69 Å². The second-order valence-electron chi connectivity index (χ2n) is 3.77. The Morgan fingerprint density at radius 2 is 2.44 bits per heavy atom. The predicted molar refractivity (Wildman–Crippen MR) is 67.0 cm³/mol. The van der Waals surface area contributed by atoms with Crippen LogP contribution in [-0.2, 0) is 4.79 Å². The fraction of sp³-hybridized carbons (Fsp3) is 0.273. The number of halogens is 1. The Morgan fingerprint density at radius 1 is 1.69 bits per heavy atom. The minimum absolute atomic E-state index is 0.0476. The third-order valence-corrected chi connectivity index (χ3v) is 3.04. The van der Waals surface area contributed by atoms with Crippen molar-refractivity contribution in [3.05, 3.63) is 29.4 Å². The van der Waals surface area contributed by atoms with Crippen molar-refractivity contribution in [2.75, 3.05) is 17.2 Å². The first-order valence-electron chi connectivity index (χ1n) is 4.95. The molecule has 2 rings (SSSR count). The second kappa shape index (κ2) is 4.25. The van der Waals surface area contributed by atoms with Crippen LogP contribution in [0.5, 0.6) is 0 Å². The van der Waals surface area contributed by atoms with Crippen LogP contribution in [0.15, 0.2) is 29.4 Å². The maximum atomic E-state index is 11.8. The summed E-state index contributed by atoms with van der Waals surface area (Å²) in [6, 6.07) is 1.75. The molecule has 1 saturated heterocycles. The zero-order chi connectivity index (χ0) is 11.7. The van der Waals surface area contributed by atoms with E-state index in [9.17, 15) is 4.79 Å². The van der Waals surface area contributed by atoms with Crippen LogP contribution in [0, 0.1) is 5.92 Å². The molecule has 16 heavy (non-hydrogen) atoms. The van der Waals surface area contributed by atoms with E-state index in [1.54, 1.807) is 23.2 Å². The Morgan fingerprint density at radius 3 is 3.00 bits per heavy atom. The van der Waals surface area contributed by atoms with E-state index >= 15 is 0 Å². The Hall–Kier alpha value is -1.36. The van der Waals surface area contributed by atoms with E-state index in [0.29, 0.717) is 24.5 Å². The lowest BCUT2D eigenvalue weighted by Gasteiger charge is -2.16. The molecule has 84 valence electrons. The Balaban J connectivity index is 2.31. The van der Waals surface area contributed by atoms with Gasteiger partial charge < -0.3 is 5.73 Å². The third kappa shape index (κ3) is 1.95. The summed E-state index contributed by atoms with van der Waals surface area (Å²) < 4.78 is 0.806. The van der Waals surface area contributed by atoms with Gasteiger partial charge in [0.25, 0.3) is 0 Å². The van der Waals surface area contributed by atoms with Crippen molar-refractivity contribution in [1.29, 1.82) is 0 Å². The van der Waals surface area contributed by atoms with Crippen molar-refractivity contribution < 1.29 is 4.79 Å². The predicted octanol–water partition coefficient (Wildman–Crippen LogP) is 1.97. The molecule has 1 aromatic rings. The Labute approximate surface area is 102 Å². The molecule has 5 heteroatoms. The minimum atomic E-state index is 0.0476. The minimum Gasteiger partial charge on any atom is -0.396 e. The summed E-state index contributed by atoms with van der Waals surface area (Å²) in [5.41, 5.74) is 6.34. The largest absolute Gasteiger partial charge is 0.396 e. The molecule has 0 bridgehead atoms. The summed E-state index contributed by atoms with van der Waals surface area (Å²) in [5.74, 6) is 0.779. The van der Waals surface area contributed by atoms with Crippen LogP contribution in [0.25, 0.3) is 0 Å². The van der Waals surface area contributed by atoms with Crippen LogP contribution in [0.2, 0.25) is 0 Å². The standard InChI is InChI=1S/C11H12BrN3O/c1-2-7-3-10(16)15(6-7)11-9(13)4-8(12)5-14-11/h2,4-5,7H,1,3,6,13H2. The molecule has 0 radical (unpaired) electrons. The average Bonchev–Trinajstić information content (AvgIpc) is 2.60. The molecule has 4 nitrogen and oxygen atoms in total. The van der Waals surface area contributed by atoms with Crippen LogP contribution in [0.3, 0.4) is 0 Å². The number of hydrogen-bond acceptors (Lipinski definition) is 3. The molecule has 2 N–H and O–H groups in total. The molecule has 0 spiro atoms. The summed E-state index contributed by atoms with van der Waals surface area (Å²) >= 11 is 3.28. The van der Waals surface area contributed by atoms with Crippen LogP contribution >= 0.6 is 15.9 Å². The van der Waals surface area contributed by atoms with E-state index < -0.39 is 0 Å². The van der Waals surface area contributed by atoms with Crippen molar-refractivity contribution in [1.82, 2.24) is 4.98 Å². The van der Waals surface area contributed by atoms with Gasteiger partial charge in [-0.25, -0.2) is 4.98 Å². The van der Waals surface area contributed by atoms with Crippen LogP contribution in [0.1, 0.15) is 6.42 Å². The lowest BCUT2D eigenvalue weighted by Crippen LogP contribution is -2.26. The first kappa shape index (κ1) is 11.1. The summed E-state index contributed by atoms with van der Waals surface area (Å²) in [5, 5.41) is 0. The SMILES string of the molecule is C=CC1CC(=O)N(c2ncc(Br)cc2N)C1. The number of nitrogens with two attached hydrogens (primary N) is 1. The van der Waals surface area contributed by atoms with Crippen LogP contribution in [0.4, 0.5) is 11.5 Å². The fourth-order valence-corrected chi connectivity index (χ4v) is 2.12. The van der Waals surface area contributed by atoms with Gasteiger partial charge in [0, 0.05) is 29.6 Å². The lowest BCUT2D eigenvalue weighted by atomic mass is 10.1. The van der Waals surface area contributed by atoms with Gasteiger partial charge in [0.05, 0.1) is 5.69 Å². The molecule has 1 unspecified atom stereocenters. The highest BCUT2D eigenvalue weighted by molar-refractivity contribution is 9.10.